The molecular formula is C21H22N4O. The molecule has 1 fully saturated rings. The largest absolute Gasteiger partial charge is 0.336 e. The van der Waals surface area contributed by atoms with Crippen LogP contribution in [-0.4, -0.2) is 38.8 Å². The first-order valence-electron chi connectivity index (χ1n) is 9.18. The Morgan fingerprint density at radius 1 is 1.04 bits per heavy atom. The van der Waals surface area contributed by atoms with Crippen LogP contribution in [0.15, 0.2) is 55.1 Å². The number of pyridine rings is 1. The Balaban J connectivity index is 1.41. The predicted molar refractivity (Wildman–Crippen MR) is 101 cm³/mol. The molecule has 1 aromatic carbocycles. The maximum absolute atomic E-state index is 12.6. The predicted octanol–water partition coefficient (Wildman–Crippen LogP) is 3.51. The molecule has 2 aromatic heterocycles. The maximum Gasteiger partial charge on any atom is 0.291 e. The lowest BCUT2D eigenvalue weighted by atomic mass is 9.92. The van der Waals surface area contributed by atoms with Crippen LogP contribution in [0.5, 0.6) is 0 Å². The Morgan fingerprint density at radius 2 is 1.92 bits per heavy atom. The number of carbonyl (C=O) groups is 1. The summed E-state index contributed by atoms with van der Waals surface area (Å²) in [5, 5.41) is 2.42. The lowest BCUT2D eigenvalue weighted by Gasteiger charge is -2.19. The molecule has 0 N–H and O–H groups in total. The van der Waals surface area contributed by atoms with E-state index in [0.29, 0.717) is 11.7 Å². The highest BCUT2D eigenvalue weighted by Crippen LogP contribution is 2.24. The minimum Gasteiger partial charge on any atom is -0.336 e. The molecule has 5 heteroatoms. The molecule has 1 saturated heterocycles. The van der Waals surface area contributed by atoms with E-state index in [-0.39, 0.29) is 5.91 Å². The van der Waals surface area contributed by atoms with E-state index < -0.39 is 0 Å². The van der Waals surface area contributed by atoms with Gasteiger partial charge in [0.2, 0.25) is 5.82 Å². The molecule has 1 aliphatic heterocycles. The van der Waals surface area contributed by atoms with E-state index in [1.807, 2.05) is 17.3 Å². The minimum atomic E-state index is -0.0514. The third-order valence-electron chi connectivity index (χ3n) is 5.12. The number of fused-ring (bicyclic) bond motifs is 1. The summed E-state index contributed by atoms with van der Waals surface area (Å²) >= 11 is 0. The molecule has 26 heavy (non-hydrogen) atoms. The Bertz CT molecular complexity index is 897. The number of carbonyl (C=O) groups excluding carboxylic acids is 1. The fourth-order valence-electron chi connectivity index (χ4n) is 3.72. The summed E-state index contributed by atoms with van der Waals surface area (Å²) in [4.78, 5) is 26.8. The Kier molecular flexibility index (Phi) is 4.86. The Labute approximate surface area is 153 Å². The van der Waals surface area contributed by atoms with Crippen molar-refractivity contribution in [3.63, 3.8) is 0 Å². The number of rotatable bonds is 3. The van der Waals surface area contributed by atoms with Crippen LogP contribution in [0.3, 0.4) is 0 Å². The first-order chi connectivity index (χ1) is 12.8. The van der Waals surface area contributed by atoms with Crippen LogP contribution in [0.25, 0.3) is 10.8 Å². The van der Waals surface area contributed by atoms with Crippen molar-refractivity contribution < 1.29 is 4.79 Å². The van der Waals surface area contributed by atoms with Gasteiger partial charge in [0.05, 0.1) is 0 Å². The van der Waals surface area contributed by atoms with Gasteiger partial charge in [0.25, 0.3) is 5.91 Å². The van der Waals surface area contributed by atoms with Gasteiger partial charge in [-0.05, 0) is 54.7 Å². The third-order valence-corrected chi connectivity index (χ3v) is 5.12. The maximum atomic E-state index is 12.6. The zero-order valence-corrected chi connectivity index (χ0v) is 14.7. The highest BCUT2D eigenvalue weighted by Gasteiger charge is 2.23. The number of amides is 1. The van der Waals surface area contributed by atoms with E-state index in [1.165, 1.54) is 16.3 Å². The fourth-order valence-corrected chi connectivity index (χ4v) is 3.72. The van der Waals surface area contributed by atoms with Crippen molar-refractivity contribution in [1.82, 2.24) is 19.9 Å². The Hall–Kier alpha value is -2.82. The quantitative estimate of drug-likeness (QED) is 0.728. The van der Waals surface area contributed by atoms with E-state index in [9.17, 15) is 4.79 Å². The van der Waals surface area contributed by atoms with Crippen LogP contribution in [-0.2, 0) is 6.42 Å². The lowest BCUT2D eigenvalue weighted by Crippen LogP contribution is -2.33. The number of benzene rings is 1. The van der Waals surface area contributed by atoms with Crippen molar-refractivity contribution in [1.29, 1.82) is 0 Å². The molecule has 0 spiro atoms. The van der Waals surface area contributed by atoms with Gasteiger partial charge in [-0.3, -0.25) is 9.78 Å². The van der Waals surface area contributed by atoms with Crippen molar-refractivity contribution in [2.75, 3.05) is 13.1 Å². The summed E-state index contributed by atoms with van der Waals surface area (Å²) in [5.74, 6) is 0.849. The van der Waals surface area contributed by atoms with Gasteiger partial charge in [-0.15, -0.1) is 0 Å². The lowest BCUT2D eigenvalue weighted by molar-refractivity contribution is 0.0747. The van der Waals surface area contributed by atoms with Crippen LogP contribution in [0, 0.1) is 5.92 Å². The molecule has 132 valence electrons. The van der Waals surface area contributed by atoms with E-state index >= 15 is 0 Å². The molecule has 3 aromatic rings. The number of aromatic nitrogens is 3. The normalized spacial score (nSPS) is 17.8. The average Bonchev–Trinajstić information content (AvgIpc) is 2.93. The van der Waals surface area contributed by atoms with E-state index in [2.05, 4.69) is 39.2 Å². The SMILES string of the molecule is O=C(c1ncccn1)N1CCC[C@H](Cc2ccc3cnccc3c2)CC1. The molecule has 5 nitrogen and oxygen atoms in total. The number of hydrogen-bond acceptors (Lipinski definition) is 4. The van der Waals surface area contributed by atoms with Gasteiger partial charge in [-0.25, -0.2) is 9.97 Å². The third kappa shape index (κ3) is 3.72. The molecule has 1 atom stereocenters. The molecular weight excluding hydrogens is 324 g/mol. The summed E-state index contributed by atoms with van der Waals surface area (Å²) in [6.07, 6.45) is 11.2. The summed E-state index contributed by atoms with van der Waals surface area (Å²) in [5.41, 5.74) is 1.36. The van der Waals surface area contributed by atoms with Crippen LogP contribution >= 0.6 is 0 Å². The second-order valence-electron chi connectivity index (χ2n) is 6.92. The molecule has 0 aliphatic carbocycles. The van der Waals surface area contributed by atoms with Gasteiger partial charge in [0, 0.05) is 43.3 Å². The molecule has 3 heterocycles. The average molecular weight is 346 g/mol. The molecule has 1 aliphatic rings. The van der Waals surface area contributed by atoms with Crippen molar-refractivity contribution >= 4 is 16.7 Å². The van der Waals surface area contributed by atoms with Gasteiger partial charge in [-0.2, -0.15) is 0 Å². The first-order valence-corrected chi connectivity index (χ1v) is 9.18. The van der Waals surface area contributed by atoms with Crippen molar-refractivity contribution in [3.05, 3.63) is 66.5 Å². The zero-order chi connectivity index (χ0) is 17.8. The van der Waals surface area contributed by atoms with Crippen LogP contribution in [0.2, 0.25) is 0 Å². The van der Waals surface area contributed by atoms with E-state index in [4.69, 9.17) is 0 Å². The van der Waals surface area contributed by atoms with Crippen molar-refractivity contribution in [2.45, 2.75) is 25.7 Å². The number of likely N-dealkylation sites (tertiary alicyclic amines) is 1. The summed E-state index contributed by atoms with van der Waals surface area (Å²) in [6, 6.07) is 10.4. The van der Waals surface area contributed by atoms with Crippen molar-refractivity contribution in [3.8, 4) is 0 Å². The highest BCUT2D eigenvalue weighted by atomic mass is 16.2. The topological polar surface area (TPSA) is 59.0 Å². The smallest absolute Gasteiger partial charge is 0.291 e. The highest BCUT2D eigenvalue weighted by molar-refractivity contribution is 5.90. The minimum absolute atomic E-state index is 0.0514. The van der Waals surface area contributed by atoms with E-state index in [1.54, 1.807) is 18.5 Å². The van der Waals surface area contributed by atoms with Gasteiger partial charge in [0.15, 0.2) is 0 Å². The fraction of sp³-hybridized carbons (Fsp3) is 0.333. The van der Waals surface area contributed by atoms with Crippen LogP contribution in [0.4, 0.5) is 0 Å². The summed E-state index contributed by atoms with van der Waals surface area (Å²) in [7, 11) is 0. The van der Waals surface area contributed by atoms with Gasteiger partial charge in [0.1, 0.15) is 0 Å². The molecule has 0 bridgehead atoms. The molecule has 0 radical (unpaired) electrons. The molecule has 4 rings (SSSR count). The number of hydrogen-bond donors (Lipinski definition) is 0. The van der Waals surface area contributed by atoms with Gasteiger partial charge >= 0.3 is 0 Å². The molecule has 1 amide bonds. The second kappa shape index (κ2) is 7.60. The monoisotopic (exact) mass is 346 g/mol. The van der Waals surface area contributed by atoms with Gasteiger partial charge in [-0.1, -0.05) is 18.2 Å². The van der Waals surface area contributed by atoms with Crippen molar-refractivity contribution in [2.24, 2.45) is 5.92 Å². The number of nitrogens with zero attached hydrogens (tertiary/aromatic N) is 4. The molecule has 0 saturated carbocycles. The van der Waals surface area contributed by atoms with E-state index in [0.717, 1.165) is 38.8 Å². The van der Waals surface area contributed by atoms with Crippen LogP contribution in [0.1, 0.15) is 35.4 Å². The standard InChI is InChI=1S/C21H22N4O/c26-21(20-23-8-2-9-24-20)25-11-1-3-16(7-12-25)13-17-4-5-19-15-22-10-6-18(19)14-17/h2,4-6,8-10,14-16H,1,3,7,11-13H2/t16-/m0/s1. The summed E-state index contributed by atoms with van der Waals surface area (Å²) < 4.78 is 0. The molecule has 0 unspecified atom stereocenters. The Morgan fingerprint density at radius 3 is 2.81 bits per heavy atom. The van der Waals surface area contributed by atoms with Gasteiger partial charge < -0.3 is 4.90 Å². The zero-order valence-electron chi connectivity index (χ0n) is 14.7. The summed E-state index contributed by atoms with van der Waals surface area (Å²) in [6.45, 7) is 1.57. The second-order valence-corrected chi connectivity index (χ2v) is 6.92. The first kappa shape index (κ1) is 16.6. The van der Waals surface area contributed by atoms with Crippen LogP contribution < -0.4 is 0 Å².